The van der Waals surface area contributed by atoms with Gasteiger partial charge < -0.3 is 15.2 Å². The average molecular weight is 338 g/mol. The lowest BCUT2D eigenvalue weighted by Gasteiger charge is -2.14. The zero-order valence-corrected chi connectivity index (χ0v) is 12.9. The molecule has 5 nitrogen and oxygen atoms in total. The minimum absolute atomic E-state index is 0.253. The third-order valence-electron chi connectivity index (χ3n) is 2.93. The van der Waals surface area contributed by atoms with E-state index in [-0.39, 0.29) is 6.04 Å². The summed E-state index contributed by atoms with van der Waals surface area (Å²) in [6, 6.07) is 9.15. The molecule has 106 valence electrons. The summed E-state index contributed by atoms with van der Waals surface area (Å²) < 4.78 is 11.3. The van der Waals surface area contributed by atoms with Crippen LogP contribution < -0.4 is 15.2 Å². The van der Waals surface area contributed by atoms with Crippen molar-refractivity contribution >= 4 is 15.9 Å². The van der Waals surface area contributed by atoms with Crippen LogP contribution in [0.15, 0.2) is 34.8 Å². The Morgan fingerprint density at radius 2 is 1.95 bits per heavy atom. The molecule has 1 heterocycles. The Hall–Kier alpha value is -1.66. The molecule has 0 radical (unpaired) electrons. The molecule has 1 aromatic heterocycles. The highest BCUT2D eigenvalue weighted by Gasteiger charge is 2.13. The van der Waals surface area contributed by atoms with Gasteiger partial charge >= 0.3 is 0 Å². The molecule has 0 fully saturated rings. The third kappa shape index (κ3) is 3.46. The highest BCUT2D eigenvalue weighted by molar-refractivity contribution is 9.10. The average Bonchev–Trinajstić information content (AvgIpc) is 2.47. The Balaban J connectivity index is 2.17. The molecule has 0 amide bonds. The van der Waals surface area contributed by atoms with E-state index in [2.05, 4.69) is 26.1 Å². The predicted molar refractivity (Wildman–Crippen MR) is 79.9 cm³/mol. The van der Waals surface area contributed by atoms with Gasteiger partial charge in [0, 0.05) is 10.5 Å². The number of hydrogen-bond acceptors (Lipinski definition) is 5. The van der Waals surface area contributed by atoms with Crippen molar-refractivity contribution in [2.75, 3.05) is 14.2 Å². The van der Waals surface area contributed by atoms with Gasteiger partial charge in [-0.05, 0) is 36.2 Å². The van der Waals surface area contributed by atoms with Gasteiger partial charge in [0.1, 0.15) is 5.75 Å². The molecule has 2 N–H and O–H groups in total. The van der Waals surface area contributed by atoms with Crippen molar-refractivity contribution in [2.24, 2.45) is 5.73 Å². The van der Waals surface area contributed by atoms with Crippen LogP contribution in [0.25, 0.3) is 0 Å². The van der Waals surface area contributed by atoms with E-state index in [9.17, 15) is 0 Å². The molecule has 2 aromatic rings. The monoisotopic (exact) mass is 337 g/mol. The van der Waals surface area contributed by atoms with E-state index >= 15 is 0 Å². The van der Waals surface area contributed by atoms with Crippen molar-refractivity contribution in [3.05, 3.63) is 46.1 Å². The van der Waals surface area contributed by atoms with Gasteiger partial charge in [-0.25, -0.2) is 0 Å². The lowest BCUT2D eigenvalue weighted by molar-refractivity contribution is 0.390. The van der Waals surface area contributed by atoms with Gasteiger partial charge in [-0.3, -0.25) is 0 Å². The number of ether oxygens (including phenoxy) is 2. The Kier molecular flexibility index (Phi) is 4.92. The van der Waals surface area contributed by atoms with Crippen LogP contribution in [-0.2, 0) is 6.42 Å². The number of methoxy groups -OCH3 is 2. The molecule has 2 rings (SSSR count). The summed E-state index contributed by atoms with van der Waals surface area (Å²) in [5.41, 5.74) is 7.91. The van der Waals surface area contributed by atoms with Crippen LogP contribution in [0, 0.1) is 0 Å². The Morgan fingerprint density at radius 1 is 1.15 bits per heavy atom. The minimum Gasteiger partial charge on any atom is -0.496 e. The SMILES string of the molecule is COc1ccc(C(N)Cc2cc(Br)ccc2OC)nn1. The fourth-order valence-corrected chi connectivity index (χ4v) is 2.29. The first kappa shape index (κ1) is 14.7. The molecular weight excluding hydrogens is 322 g/mol. The molecule has 0 bridgehead atoms. The van der Waals surface area contributed by atoms with Crippen molar-refractivity contribution < 1.29 is 9.47 Å². The first-order chi connectivity index (χ1) is 9.63. The van der Waals surface area contributed by atoms with E-state index in [1.54, 1.807) is 20.3 Å². The number of nitrogens with zero attached hydrogens (tertiary/aromatic N) is 2. The number of aromatic nitrogens is 2. The number of halogens is 1. The van der Waals surface area contributed by atoms with Crippen molar-refractivity contribution in [3.63, 3.8) is 0 Å². The molecule has 0 aliphatic heterocycles. The maximum atomic E-state index is 6.18. The van der Waals surface area contributed by atoms with Crippen LogP contribution in [0.5, 0.6) is 11.6 Å². The molecule has 0 aliphatic rings. The van der Waals surface area contributed by atoms with Gasteiger partial charge in [0.05, 0.1) is 26.0 Å². The van der Waals surface area contributed by atoms with Crippen LogP contribution in [0.2, 0.25) is 0 Å². The molecule has 0 aliphatic carbocycles. The lowest BCUT2D eigenvalue weighted by Crippen LogP contribution is -2.16. The zero-order valence-electron chi connectivity index (χ0n) is 11.3. The highest BCUT2D eigenvalue weighted by Crippen LogP contribution is 2.26. The second-order valence-corrected chi connectivity index (χ2v) is 5.18. The molecule has 0 saturated carbocycles. The van der Waals surface area contributed by atoms with E-state index in [0.29, 0.717) is 18.0 Å². The maximum absolute atomic E-state index is 6.18. The summed E-state index contributed by atoms with van der Waals surface area (Å²) in [5, 5.41) is 8.00. The summed E-state index contributed by atoms with van der Waals surface area (Å²) in [7, 11) is 3.20. The van der Waals surface area contributed by atoms with Crippen molar-refractivity contribution in [3.8, 4) is 11.6 Å². The zero-order chi connectivity index (χ0) is 14.5. The predicted octanol–water partition coefficient (Wildman–Crippen LogP) is 2.50. The fourth-order valence-electron chi connectivity index (χ4n) is 1.89. The van der Waals surface area contributed by atoms with E-state index in [1.807, 2.05) is 24.3 Å². The Labute approximate surface area is 126 Å². The van der Waals surface area contributed by atoms with Gasteiger partial charge in [-0.15, -0.1) is 5.10 Å². The second kappa shape index (κ2) is 6.67. The van der Waals surface area contributed by atoms with Gasteiger partial charge in [0.2, 0.25) is 5.88 Å². The van der Waals surface area contributed by atoms with Crippen molar-refractivity contribution in [1.29, 1.82) is 0 Å². The minimum atomic E-state index is -0.253. The smallest absolute Gasteiger partial charge is 0.233 e. The largest absolute Gasteiger partial charge is 0.496 e. The quantitative estimate of drug-likeness (QED) is 0.907. The molecule has 1 aromatic carbocycles. The first-order valence-corrected chi connectivity index (χ1v) is 6.89. The van der Waals surface area contributed by atoms with Crippen LogP contribution in [0.4, 0.5) is 0 Å². The summed E-state index contributed by atoms with van der Waals surface area (Å²) in [4.78, 5) is 0. The molecular formula is C14H16BrN3O2. The topological polar surface area (TPSA) is 70.3 Å². The molecule has 0 saturated heterocycles. The second-order valence-electron chi connectivity index (χ2n) is 4.27. The summed E-state index contributed by atoms with van der Waals surface area (Å²) >= 11 is 3.45. The molecule has 1 atom stereocenters. The van der Waals surface area contributed by atoms with E-state index in [0.717, 1.165) is 15.8 Å². The summed E-state index contributed by atoms with van der Waals surface area (Å²) in [6.07, 6.45) is 0.615. The summed E-state index contributed by atoms with van der Waals surface area (Å²) in [5.74, 6) is 1.28. The van der Waals surface area contributed by atoms with Crippen LogP contribution in [-0.4, -0.2) is 24.4 Å². The van der Waals surface area contributed by atoms with Gasteiger partial charge in [0.25, 0.3) is 0 Å². The van der Waals surface area contributed by atoms with E-state index in [4.69, 9.17) is 15.2 Å². The number of nitrogens with two attached hydrogens (primary N) is 1. The molecule has 0 spiro atoms. The van der Waals surface area contributed by atoms with Gasteiger partial charge in [0.15, 0.2) is 0 Å². The number of benzene rings is 1. The first-order valence-electron chi connectivity index (χ1n) is 6.09. The molecule has 6 heteroatoms. The van der Waals surface area contributed by atoms with Crippen LogP contribution >= 0.6 is 15.9 Å². The van der Waals surface area contributed by atoms with Gasteiger partial charge in [-0.1, -0.05) is 15.9 Å². The number of hydrogen-bond donors (Lipinski definition) is 1. The molecule has 20 heavy (non-hydrogen) atoms. The van der Waals surface area contributed by atoms with Crippen LogP contribution in [0.3, 0.4) is 0 Å². The lowest BCUT2D eigenvalue weighted by atomic mass is 10.0. The fraction of sp³-hybridized carbons (Fsp3) is 0.286. The van der Waals surface area contributed by atoms with Crippen molar-refractivity contribution in [2.45, 2.75) is 12.5 Å². The normalized spacial score (nSPS) is 12.0. The third-order valence-corrected chi connectivity index (χ3v) is 3.43. The standard InChI is InChI=1S/C14H16BrN3O2/c1-19-13-5-3-10(15)7-9(13)8-11(16)12-4-6-14(20-2)18-17-12/h3-7,11H,8,16H2,1-2H3. The van der Waals surface area contributed by atoms with E-state index in [1.165, 1.54) is 0 Å². The van der Waals surface area contributed by atoms with Crippen LogP contribution in [0.1, 0.15) is 17.3 Å². The van der Waals surface area contributed by atoms with Gasteiger partial charge in [-0.2, -0.15) is 5.10 Å². The maximum Gasteiger partial charge on any atom is 0.233 e. The molecule has 1 unspecified atom stereocenters. The Bertz CT molecular complexity index is 575. The van der Waals surface area contributed by atoms with E-state index < -0.39 is 0 Å². The number of rotatable bonds is 5. The van der Waals surface area contributed by atoms with Crippen molar-refractivity contribution in [1.82, 2.24) is 10.2 Å². The highest BCUT2D eigenvalue weighted by atomic mass is 79.9. The summed E-state index contributed by atoms with van der Waals surface area (Å²) in [6.45, 7) is 0. The Morgan fingerprint density at radius 3 is 2.55 bits per heavy atom.